The number of carbonyl (C=O) groups excluding carboxylic acids is 1. The van der Waals surface area contributed by atoms with Gasteiger partial charge in [-0.1, -0.05) is 13.3 Å². The first-order valence-corrected chi connectivity index (χ1v) is 5.54. The van der Waals surface area contributed by atoms with Crippen molar-refractivity contribution in [3.8, 4) is 6.07 Å². The number of aryl methyl sites for hydroxylation is 1. The molecule has 0 fully saturated rings. The van der Waals surface area contributed by atoms with E-state index in [1.807, 2.05) is 13.0 Å². The molecule has 1 rings (SSSR count). The van der Waals surface area contributed by atoms with Gasteiger partial charge >= 0.3 is 0 Å². The van der Waals surface area contributed by atoms with Crippen molar-refractivity contribution in [1.82, 2.24) is 0 Å². The number of nitrogens with zero attached hydrogens (tertiary/aromatic N) is 1. The SMILES string of the molecule is CCCC(C#N)C(=O)Nc1cc(C)cc(F)c1. The predicted molar refractivity (Wildman–Crippen MR) is 63.8 cm³/mol. The molecular formula is C13H15FN2O. The first-order chi connectivity index (χ1) is 8.06. The maximum Gasteiger partial charge on any atom is 0.241 e. The Labute approximate surface area is 100 Å². The van der Waals surface area contributed by atoms with Crippen LogP contribution in [0.25, 0.3) is 0 Å². The molecule has 0 aromatic heterocycles. The number of rotatable bonds is 4. The zero-order valence-corrected chi connectivity index (χ0v) is 9.96. The van der Waals surface area contributed by atoms with Crippen LogP contribution in [0.1, 0.15) is 25.3 Å². The molecule has 1 aromatic rings. The molecule has 1 amide bonds. The molecule has 0 aliphatic heterocycles. The monoisotopic (exact) mass is 234 g/mol. The lowest BCUT2D eigenvalue weighted by Crippen LogP contribution is -2.21. The number of amides is 1. The number of hydrogen-bond acceptors (Lipinski definition) is 2. The van der Waals surface area contributed by atoms with Gasteiger partial charge in [-0.15, -0.1) is 0 Å². The van der Waals surface area contributed by atoms with Crippen LogP contribution in [-0.2, 0) is 4.79 Å². The molecule has 4 heteroatoms. The smallest absolute Gasteiger partial charge is 0.241 e. The zero-order valence-electron chi connectivity index (χ0n) is 9.96. The number of nitrogens with one attached hydrogen (secondary N) is 1. The minimum absolute atomic E-state index is 0.376. The number of carbonyl (C=O) groups is 1. The van der Waals surface area contributed by atoms with E-state index in [1.54, 1.807) is 13.0 Å². The summed E-state index contributed by atoms with van der Waals surface area (Å²) in [4.78, 5) is 11.7. The second-order valence-electron chi connectivity index (χ2n) is 3.98. The summed E-state index contributed by atoms with van der Waals surface area (Å²) in [6, 6.07) is 6.23. The van der Waals surface area contributed by atoms with Crippen LogP contribution < -0.4 is 5.32 Å². The summed E-state index contributed by atoms with van der Waals surface area (Å²) < 4.78 is 13.1. The van der Waals surface area contributed by atoms with Crippen molar-refractivity contribution in [2.24, 2.45) is 5.92 Å². The maximum atomic E-state index is 13.1. The summed E-state index contributed by atoms with van der Waals surface area (Å²) in [5.74, 6) is -1.45. The number of benzene rings is 1. The first-order valence-electron chi connectivity index (χ1n) is 5.54. The molecule has 0 heterocycles. The van der Waals surface area contributed by atoms with E-state index in [1.165, 1.54) is 12.1 Å². The largest absolute Gasteiger partial charge is 0.325 e. The lowest BCUT2D eigenvalue weighted by atomic mass is 10.0. The van der Waals surface area contributed by atoms with Crippen LogP contribution in [-0.4, -0.2) is 5.91 Å². The van der Waals surface area contributed by atoms with Crippen molar-refractivity contribution >= 4 is 11.6 Å². The van der Waals surface area contributed by atoms with Gasteiger partial charge in [-0.05, 0) is 37.1 Å². The third-order valence-corrected chi connectivity index (χ3v) is 2.36. The van der Waals surface area contributed by atoms with Crippen LogP contribution in [0.5, 0.6) is 0 Å². The number of nitriles is 1. The number of anilines is 1. The van der Waals surface area contributed by atoms with Crippen LogP contribution >= 0.6 is 0 Å². The molecule has 0 radical (unpaired) electrons. The van der Waals surface area contributed by atoms with Crippen molar-refractivity contribution < 1.29 is 9.18 Å². The van der Waals surface area contributed by atoms with Crippen molar-refractivity contribution in [3.63, 3.8) is 0 Å². The van der Waals surface area contributed by atoms with E-state index in [-0.39, 0.29) is 5.91 Å². The molecule has 0 aliphatic rings. The Bertz CT molecular complexity index is 431. The highest BCUT2D eigenvalue weighted by atomic mass is 19.1. The molecule has 90 valence electrons. The van der Waals surface area contributed by atoms with Crippen LogP contribution in [0.4, 0.5) is 10.1 Å². The fourth-order valence-corrected chi connectivity index (χ4v) is 1.58. The summed E-state index contributed by atoms with van der Waals surface area (Å²) >= 11 is 0. The first kappa shape index (κ1) is 13.2. The minimum atomic E-state index is -0.677. The lowest BCUT2D eigenvalue weighted by molar-refractivity contribution is -0.118. The highest BCUT2D eigenvalue weighted by Gasteiger charge is 2.16. The standard InChI is InChI=1S/C13H15FN2O/c1-3-4-10(8-15)13(17)16-12-6-9(2)5-11(14)7-12/h5-7,10H,3-4H2,1-2H3,(H,16,17). The summed E-state index contributed by atoms with van der Waals surface area (Å²) in [5.41, 5.74) is 1.12. The molecular weight excluding hydrogens is 219 g/mol. The van der Waals surface area contributed by atoms with Gasteiger partial charge in [0.2, 0.25) is 5.91 Å². The van der Waals surface area contributed by atoms with Gasteiger partial charge in [-0.2, -0.15) is 5.26 Å². The normalized spacial score (nSPS) is 11.6. The molecule has 0 bridgehead atoms. The Morgan fingerprint density at radius 3 is 2.76 bits per heavy atom. The molecule has 0 saturated heterocycles. The Balaban J connectivity index is 2.77. The molecule has 0 aliphatic carbocycles. The minimum Gasteiger partial charge on any atom is -0.325 e. The van der Waals surface area contributed by atoms with Gasteiger partial charge in [-0.3, -0.25) is 4.79 Å². The topological polar surface area (TPSA) is 52.9 Å². The van der Waals surface area contributed by atoms with Crippen LogP contribution in [0.15, 0.2) is 18.2 Å². The fraction of sp³-hybridized carbons (Fsp3) is 0.385. The van der Waals surface area contributed by atoms with Gasteiger partial charge in [0.25, 0.3) is 0 Å². The Hall–Kier alpha value is -1.89. The van der Waals surface area contributed by atoms with Crippen LogP contribution in [0.2, 0.25) is 0 Å². The average molecular weight is 234 g/mol. The molecule has 0 saturated carbocycles. The second kappa shape index (κ2) is 6.00. The number of hydrogen-bond donors (Lipinski definition) is 1. The van der Waals surface area contributed by atoms with E-state index in [9.17, 15) is 9.18 Å². The lowest BCUT2D eigenvalue weighted by Gasteiger charge is -2.09. The van der Waals surface area contributed by atoms with Crippen molar-refractivity contribution in [1.29, 1.82) is 5.26 Å². The predicted octanol–water partition coefficient (Wildman–Crippen LogP) is 3.01. The zero-order chi connectivity index (χ0) is 12.8. The van der Waals surface area contributed by atoms with Gasteiger partial charge in [-0.25, -0.2) is 4.39 Å². The molecule has 0 spiro atoms. The Morgan fingerprint density at radius 2 is 2.24 bits per heavy atom. The third-order valence-electron chi connectivity index (χ3n) is 2.36. The Kier molecular flexibility index (Phi) is 4.65. The van der Waals surface area contributed by atoms with Crippen molar-refractivity contribution in [2.45, 2.75) is 26.7 Å². The van der Waals surface area contributed by atoms with Gasteiger partial charge in [0.15, 0.2) is 0 Å². The van der Waals surface area contributed by atoms with E-state index in [0.717, 1.165) is 12.0 Å². The van der Waals surface area contributed by atoms with E-state index in [0.29, 0.717) is 12.1 Å². The molecule has 1 unspecified atom stereocenters. The molecule has 17 heavy (non-hydrogen) atoms. The highest BCUT2D eigenvalue weighted by molar-refractivity contribution is 5.94. The molecule has 1 atom stereocenters. The summed E-state index contributed by atoms with van der Waals surface area (Å²) in [6.07, 6.45) is 1.27. The van der Waals surface area contributed by atoms with E-state index < -0.39 is 11.7 Å². The number of halogens is 1. The maximum absolute atomic E-state index is 13.1. The van der Waals surface area contributed by atoms with Gasteiger partial charge < -0.3 is 5.32 Å². The van der Waals surface area contributed by atoms with Gasteiger partial charge in [0.05, 0.1) is 6.07 Å². The molecule has 1 aromatic carbocycles. The van der Waals surface area contributed by atoms with E-state index in [2.05, 4.69) is 5.32 Å². The van der Waals surface area contributed by atoms with Gasteiger partial charge in [0.1, 0.15) is 11.7 Å². The van der Waals surface area contributed by atoms with E-state index >= 15 is 0 Å². The average Bonchev–Trinajstić information content (AvgIpc) is 2.24. The highest BCUT2D eigenvalue weighted by Crippen LogP contribution is 2.15. The van der Waals surface area contributed by atoms with Crippen molar-refractivity contribution in [2.75, 3.05) is 5.32 Å². The molecule has 3 nitrogen and oxygen atoms in total. The quantitative estimate of drug-likeness (QED) is 0.870. The second-order valence-corrected chi connectivity index (χ2v) is 3.98. The third kappa shape index (κ3) is 3.87. The van der Waals surface area contributed by atoms with Crippen LogP contribution in [0, 0.1) is 30.0 Å². The van der Waals surface area contributed by atoms with Crippen molar-refractivity contribution in [3.05, 3.63) is 29.6 Å². The fourth-order valence-electron chi connectivity index (χ4n) is 1.58. The van der Waals surface area contributed by atoms with Crippen LogP contribution in [0.3, 0.4) is 0 Å². The molecule has 1 N–H and O–H groups in total. The summed E-state index contributed by atoms with van der Waals surface area (Å²) in [7, 11) is 0. The van der Waals surface area contributed by atoms with Gasteiger partial charge in [0, 0.05) is 5.69 Å². The Morgan fingerprint density at radius 1 is 1.53 bits per heavy atom. The summed E-state index contributed by atoms with van der Waals surface area (Å²) in [5, 5.41) is 11.4. The van der Waals surface area contributed by atoms with E-state index in [4.69, 9.17) is 5.26 Å². The summed E-state index contributed by atoms with van der Waals surface area (Å²) in [6.45, 7) is 3.65.